The fourth-order valence-electron chi connectivity index (χ4n) is 2.83. The van der Waals surface area contributed by atoms with Crippen LogP contribution < -0.4 is 22.1 Å². The summed E-state index contributed by atoms with van der Waals surface area (Å²) < 4.78 is 0. The Morgan fingerprint density at radius 1 is 1.00 bits per heavy atom. The van der Waals surface area contributed by atoms with E-state index in [0.29, 0.717) is 0 Å². The molecule has 1 rings (SSSR count). The van der Waals surface area contributed by atoms with Crippen LogP contribution in [0.5, 0.6) is 0 Å². The molecule has 1 aromatic rings. The molecule has 0 saturated heterocycles. The third kappa shape index (κ3) is 8.58. The molecule has 10 heteroatoms. The molecule has 1 aromatic carbocycles. The van der Waals surface area contributed by atoms with Crippen LogP contribution in [0.15, 0.2) is 30.3 Å². The summed E-state index contributed by atoms with van der Waals surface area (Å²) in [5.74, 6) is -4.00. The van der Waals surface area contributed by atoms with E-state index in [1.165, 1.54) is 0 Å². The van der Waals surface area contributed by atoms with Crippen molar-refractivity contribution in [2.24, 2.45) is 17.4 Å². The van der Waals surface area contributed by atoms with Gasteiger partial charge in [-0.3, -0.25) is 14.4 Å². The first-order chi connectivity index (χ1) is 14.0. The van der Waals surface area contributed by atoms with Crippen molar-refractivity contribution in [3.8, 4) is 0 Å². The smallest absolute Gasteiger partial charge is 0.326 e. The zero-order valence-electron chi connectivity index (χ0n) is 17.1. The number of aliphatic hydroxyl groups excluding tert-OH is 1. The summed E-state index contributed by atoms with van der Waals surface area (Å²) in [5.41, 5.74) is 11.8. The number of aliphatic carboxylic acids is 1. The Labute approximate surface area is 175 Å². The van der Waals surface area contributed by atoms with Gasteiger partial charge in [-0.1, -0.05) is 44.2 Å². The van der Waals surface area contributed by atoms with E-state index >= 15 is 0 Å². The number of nitrogens with two attached hydrogens (primary N) is 2. The molecule has 0 spiro atoms. The number of amides is 3. The van der Waals surface area contributed by atoms with Gasteiger partial charge in [0.1, 0.15) is 18.2 Å². The lowest BCUT2D eigenvalue weighted by atomic mass is 9.99. The minimum atomic E-state index is -1.58. The number of carbonyl (C=O) groups is 4. The number of carboxylic acid groups (broad SMARTS) is 1. The first-order valence-electron chi connectivity index (χ1n) is 9.60. The van der Waals surface area contributed by atoms with E-state index in [0.717, 1.165) is 5.56 Å². The third-order valence-corrected chi connectivity index (χ3v) is 4.35. The van der Waals surface area contributed by atoms with Crippen molar-refractivity contribution in [2.75, 3.05) is 0 Å². The van der Waals surface area contributed by atoms with Crippen molar-refractivity contribution in [1.82, 2.24) is 10.6 Å². The molecule has 4 unspecified atom stereocenters. The van der Waals surface area contributed by atoms with Gasteiger partial charge < -0.3 is 32.3 Å². The zero-order chi connectivity index (χ0) is 22.8. The minimum absolute atomic E-state index is 0.0318. The number of carboxylic acids is 1. The van der Waals surface area contributed by atoms with Gasteiger partial charge >= 0.3 is 5.97 Å². The van der Waals surface area contributed by atoms with Crippen molar-refractivity contribution in [3.63, 3.8) is 0 Å². The second kappa shape index (κ2) is 11.9. The van der Waals surface area contributed by atoms with Gasteiger partial charge in [0.2, 0.25) is 11.8 Å². The number of benzene rings is 1. The Bertz CT molecular complexity index is 740. The predicted octanol–water partition coefficient (Wildman–Crippen LogP) is -1.11. The molecule has 0 radical (unpaired) electrons. The van der Waals surface area contributed by atoms with Crippen LogP contribution in [-0.2, 0) is 25.6 Å². The molecule has 30 heavy (non-hydrogen) atoms. The van der Waals surface area contributed by atoms with Gasteiger partial charge in [0.05, 0.1) is 6.42 Å². The molecule has 8 N–H and O–H groups in total. The Balaban J connectivity index is 2.81. The van der Waals surface area contributed by atoms with Crippen LogP contribution in [0.1, 0.15) is 32.3 Å². The summed E-state index contributed by atoms with van der Waals surface area (Å²) in [4.78, 5) is 47.3. The van der Waals surface area contributed by atoms with E-state index in [1.54, 1.807) is 0 Å². The summed E-state index contributed by atoms with van der Waals surface area (Å²) in [5, 5.41) is 24.1. The van der Waals surface area contributed by atoms with Crippen LogP contribution in [0.4, 0.5) is 0 Å². The van der Waals surface area contributed by atoms with Crippen LogP contribution >= 0.6 is 0 Å². The van der Waals surface area contributed by atoms with Gasteiger partial charge in [-0.25, -0.2) is 4.79 Å². The third-order valence-electron chi connectivity index (χ3n) is 4.35. The van der Waals surface area contributed by atoms with E-state index in [2.05, 4.69) is 10.6 Å². The first-order valence-corrected chi connectivity index (χ1v) is 9.60. The number of carbonyl (C=O) groups excluding carboxylic acids is 3. The fourth-order valence-corrected chi connectivity index (χ4v) is 2.83. The van der Waals surface area contributed by atoms with E-state index in [9.17, 15) is 24.3 Å². The molecule has 166 valence electrons. The zero-order valence-corrected chi connectivity index (χ0v) is 17.1. The second-order valence-corrected chi connectivity index (χ2v) is 7.56. The SMILES string of the molecule is CC(C)CC(NC(=O)C(O)C(N)Cc1ccccc1)C(=O)NC(CC(N)=O)C(=O)O. The molecule has 0 aliphatic rings. The summed E-state index contributed by atoms with van der Waals surface area (Å²) in [6, 6.07) is 5.52. The lowest BCUT2D eigenvalue weighted by Crippen LogP contribution is -2.56. The predicted molar refractivity (Wildman–Crippen MR) is 109 cm³/mol. The molecule has 0 aliphatic carbocycles. The number of hydrogen-bond donors (Lipinski definition) is 6. The number of rotatable bonds is 12. The molecule has 0 bridgehead atoms. The van der Waals surface area contributed by atoms with Gasteiger partial charge in [0.15, 0.2) is 0 Å². The van der Waals surface area contributed by atoms with Crippen molar-refractivity contribution >= 4 is 23.7 Å². The summed E-state index contributed by atoms with van der Waals surface area (Å²) >= 11 is 0. The largest absolute Gasteiger partial charge is 0.480 e. The average Bonchev–Trinajstić information content (AvgIpc) is 2.66. The maximum atomic E-state index is 12.5. The lowest BCUT2D eigenvalue weighted by Gasteiger charge is -2.25. The quantitative estimate of drug-likeness (QED) is 0.246. The molecule has 3 amide bonds. The Hall–Kier alpha value is -2.98. The van der Waals surface area contributed by atoms with Crippen LogP contribution in [0.3, 0.4) is 0 Å². The van der Waals surface area contributed by atoms with E-state index < -0.39 is 54.3 Å². The van der Waals surface area contributed by atoms with E-state index in [-0.39, 0.29) is 18.8 Å². The highest BCUT2D eigenvalue weighted by atomic mass is 16.4. The number of nitrogens with one attached hydrogen (secondary N) is 2. The van der Waals surface area contributed by atoms with Crippen molar-refractivity contribution in [1.29, 1.82) is 0 Å². The molecule has 4 atom stereocenters. The van der Waals surface area contributed by atoms with Gasteiger partial charge in [-0.2, -0.15) is 0 Å². The Morgan fingerprint density at radius 3 is 2.07 bits per heavy atom. The maximum Gasteiger partial charge on any atom is 0.326 e. The minimum Gasteiger partial charge on any atom is -0.480 e. The fraction of sp³-hybridized carbons (Fsp3) is 0.500. The topological polar surface area (TPSA) is 185 Å². The molecule has 0 aromatic heterocycles. The highest BCUT2D eigenvalue weighted by Gasteiger charge is 2.31. The molecule has 0 aliphatic heterocycles. The van der Waals surface area contributed by atoms with Gasteiger partial charge in [0, 0.05) is 6.04 Å². The second-order valence-electron chi connectivity index (χ2n) is 7.56. The van der Waals surface area contributed by atoms with Gasteiger partial charge in [-0.05, 0) is 24.3 Å². The molecule has 0 fully saturated rings. The first kappa shape index (κ1) is 25.1. The van der Waals surface area contributed by atoms with Crippen LogP contribution in [0, 0.1) is 5.92 Å². The van der Waals surface area contributed by atoms with Crippen molar-refractivity contribution in [2.45, 2.75) is 57.3 Å². The number of hydrogen-bond acceptors (Lipinski definition) is 6. The molecular formula is C20H30N4O6. The summed E-state index contributed by atoms with van der Waals surface area (Å²) in [6.07, 6.45) is -1.74. The normalized spacial score (nSPS) is 15.0. The lowest BCUT2D eigenvalue weighted by molar-refractivity contribution is -0.144. The summed E-state index contributed by atoms with van der Waals surface area (Å²) in [7, 11) is 0. The van der Waals surface area contributed by atoms with Crippen molar-refractivity contribution < 1.29 is 29.4 Å². The summed E-state index contributed by atoms with van der Waals surface area (Å²) in [6.45, 7) is 3.62. The highest BCUT2D eigenvalue weighted by molar-refractivity contribution is 5.93. The molecule has 10 nitrogen and oxygen atoms in total. The Kier molecular flexibility index (Phi) is 9.93. The standard InChI is InChI=1S/C20H30N4O6/c1-11(2)8-14(18(27)24-15(20(29)30)10-16(22)25)23-19(28)17(26)13(21)9-12-6-4-3-5-7-12/h3-7,11,13-15,17,26H,8-10,21H2,1-2H3,(H2,22,25)(H,23,28)(H,24,27)(H,29,30). The van der Waals surface area contributed by atoms with Crippen molar-refractivity contribution in [3.05, 3.63) is 35.9 Å². The highest BCUT2D eigenvalue weighted by Crippen LogP contribution is 2.09. The molecule has 0 heterocycles. The van der Waals surface area contributed by atoms with Gasteiger partial charge in [0.25, 0.3) is 5.91 Å². The average molecular weight is 422 g/mol. The van der Waals surface area contributed by atoms with E-state index in [1.807, 2.05) is 44.2 Å². The van der Waals surface area contributed by atoms with Gasteiger partial charge in [-0.15, -0.1) is 0 Å². The Morgan fingerprint density at radius 2 is 1.57 bits per heavy atom. The van der Waals surface area contributed by atoms with E-state index in [4.69, 9.17) is 16.6 Å². The number of aliphatic hydroxyl groups is 1. The molecule has 0 saturated carbocycles. The molecular weight excluding hydrogens is 392 g/mol. The maximum absolute atomic E-state index is 12.5. The van der Waals surface area contributed by atoms with Crippen LogP contribution in [-0.4, -0.2) is 58.1 Å². The van der Waals surface area contributed by atoms with Crippen LogP contribution in [0.25, 0.3) is 0 Å². The van der Waals surface area contributed by atoms with Crippen LogP contribution in [0.2, 0.25) is 0 Å². The number of primary amides is 1. The monoisotopic (exact) mass is 422 g/mol.